The van der Waals surface area contributed by atoms with Crippen molar-refractivity contribution >= 4 is 5.69 Å². The predicted octanol–water partition coefficient (Wildman–Crippen LogP) is 1.51. The first-order valence-corrected chi connectivity index (χ1v) is 4.51. The molecule has 0 unspecified atom stereocenters. The van der Waals surface area contributed by atoms with Crippen LogP contribution in [0.15, 0.2) is 12.1 Å². The molecule has 0 spiro atoms. The Morgan fingerprint density at radius 3 is 3.00 bits per heavy atom. The average Bonchev–Trinajstić information content (AvgIpc) is 2.17. The minimum Gasteiger partial charge on any atom is -0.386 e. The lowest BCUT2D eigenvalue weighted by Gasteiger charge is -2.18. The normalized spacial score (nSPS) is 15.2. The van der Waals surface area contributed by atoms with Crippen LogP contribution in [0.3, 0.4) is 0 Å². The predicted molar refractivity (Wildman–Crippen MR) is 51.4 cm³/mol. The van der Waals surface area contributed by atoms with Crippen molar-refractivity contribution in [3.05, 3.63) is 29.1 Å². The molecular formula is C10H13FN2. The van der Waals surface area contributed by atoms with Gasteiger partial charge in [-0.2, -0.15) is 0 Å². The maximum atomic E-state index is 13.3. The van der Waals surface area contributed by atoms with E-state index in [9.17, 15) is 4.39 Å². The lowest BCUT2D eigenvalue weighted by atomic mass is 10.00. The molecule has 70 valence electrons. The molecule has 1 aliphatic heterocycles. The van der Waals surface area contributed by atoms with E-state index in [0.29, 0.717) is 5.69 Å². The molecule has 0 saturated carbocycles. The van der Waals surface area contributed by atoms with Crippen molar-refractivity contribution in [3.8, 4) is 0 Å². The molecule has 1 heterocycles. The minimum absolute atomic E-state index is 0.162. The van der Waals surface area contributed by atoms with Gasteiger partial charge in [0, 0.05) is 13.6 Å². The largest absolute Gasteiger partial charge is 0.386 e. The van der Waals surface area contributed by atoms with Gasteiger partial charge in [-0.15, -0.1) is 0 Å². The Kier molecular flexibility index (Phi) is 2.19. The van der Waals surface area contributed by atoms with Crippen LogP contribution in [-0.2, 0) is 13.0 Å². The van der Waals surface area contributed by atoms with Gasteiger partial charge >= 0.3 is 0 Å². The summed E-state index contributed by atoms with van der Waals surface area (Å²) in [6.07, 6.45) is 0.990. The lowest BCUT2D eigenvalue weighted by molar-refractivity contribution is 0.607. The molecule has 1 aliphatic rings. The Labute approximate surface area is 77.2 Å². The highest BCUT2D eigenvalue weighted by Gasteiger charge is 2.11. The second kappa shape index (κ2) is 3.34. The molecule has 1 aromatic carbocycles. The monoisotopic (exact) mass is 180 g/mol. The molecule has 1 aromatic rings. The van der Waals surface area contributed by atoms with E-state index in [-0.39, 0.29) is 5.82 Å². The fourth-order valence-corrected chi connectivity index (χ4v) is 1.69. The zero-order valence-corrected chi connectivity index (χ0v) is 7.65. The fourth-order valence-electron chi connectivity index (χ4n) is 1.69. The summed E-state index contributed by atoms with van der Waals surface area (Å²) in [6, 6.07) is 3.53. The topological polar surface area (TPSA) is 24.1 Å². The summed E-state index contributed by atoms with van der Waals surface area (Å²) in [7, 11) is 1.74. The first kappa shape index (κ1) is 8.51. The molecule has 3 heteroatoms. The summed E-state index contributed by atoms with van der Waals surface area (Å²) in [6.45, 7) is 1.78. The van der Waals surface area contributed by atoms with Crippen molar-refractivity contribution < 1.29 is 4.39 Å². The highest BCUT2D eigenvalue weighted by atomic mass is 19.1. The number of rotatable bonds is 1. The van der Waals surface area contributed by atoms with Crippen molar-refractivity contribution in [2.45, 2.75) is 13.0 Å². The van der Waals surface area contributed by atoms with E-state index >= 15 is 0 Å². The van der Waals surface area contributed by atoms with Crippen LogP contribution < -0.4 is 10.6 Å². The van der Waals surface area contributed by atoms with Crippen LogP contribution in [0.4, 0.5) is 10.1 Å². The number of hydrogen-bond donors (Lipinski definition) is 2. The Balaban J connectivity index is 2.44. The molecule has 0 aromatic heterocycles. The summed E-state index contributed by atoms with van der Waals surface area (Å²) >= 11 is 0. The number of nitrogens with one attached hydrogen (secondary N) is 2. The van der Waals surface area contributed by atoms with Gasteiger partial charge in [0.1, 0.15) is 5.82 Å². The minimum atomic E-state index is -0.162. The molecule has 0 fully saturated rings. The Hall–Kier alpha value is -1.09. The van der Waals surface area contributed by atoms with Gasteiger partial charge in [0.05, 0.1) is 5.69 Å². The molecule has 0 bridgehead atoms. The molecule has 0 amide bonds. The smallest absolute Gasteiger partial charge is 0.146 e. The average molecular weight is 180 g/mol. The molecule has 0 aliphatic carbocycles. The lowest BCUT2D eigenvalue weighted by Crippen LogP contribution is -2.23. The Bertz CT molecular complexity index is 323. The van der Waals surface area contributed by atoms with E-state index in [2.05, 4.69) is 10.6 Å². The number of benzene rings is 1. The third-order valence-corrected chi connectivity index (χ3v) is 2.45. The molecule has 0 saturated heterocycles. The second-order valence-corrected chi connectivity index (χ2v) is 3.28. The zero-order valence-electron chi connectivity index (χ0n) is 7.65. The van der Waals surface area contributed by atoms with Crippen LogP contribution in [0.2, 0.25) is 0 Å². The van der Waals surface area contributed by atoms with Gasteiger partial charge in [-0.3, -0.25) is 0 Å². The van der Waals surface area contributed by atoms with E-state index in [1.165, 1.54) is 5.56 Å². The zero-order chi connectivity index (χ0) is 9.26. The van der Waals surface area contributed by atoms with Gasteiger partial charge in [-0.1, -0.05) is 0 Å². The number of fused-ring (bicyclic) bond motifs is 1. The summed E-state index contributed by atoms with van der Waals surface area (Å²) in [5.41, 5.74) is 2.94. The van der Waals surface area contributed by atoms with E-state index in [4.69, 9.17) is 0 Å². The second-order valence-electron chi connectivity index (χ2n) is 3.28. The molecule has 2 N–H and O–H groups in total. The van der Waals surface area contributed by atoms with Gasteiger partial charge in [-0.05, 0) is 36.2 Å². The Morgan fingerprint density at radius 2 is 2.23 bits per heavy atom. The SMILES string of the molecule is CNc1cc2c(cc1F)CNCC2. The summed E-state index contributed by atoms with van der Waals surface area (Å²) in [5, 5.41) is 6.07. The quantitative estimate of drug-likeness (QED) is 0.684. The van der Waals surface area contributed by atoms with Crippen LogP contribution in [0.25, 0.3) is 0 Å². The molecule has 13 heavy (non-hydrogen) atoms. The highest BCUT2D eigenvalue weighted by molar-refractivity contribution is 5.50. The van der Waals surface area contributed by atoms with Crippen molar-refractivity contribution in [1.29, 1.82) is 0 Å². The third-order valence-electron chi connectivity index (χ3n) is 2.45. The maximum absolute atomic E-state index is 13.3. The van der Waals surface area contributed by atoms with Crippen LogP contribution in [-0.4, -0.2) is 13.6 Å². The molecule has 2 rings (SSSR count). The molecular weight excluding hydrogens is 167 g/mol. The van der Waals surface area contributed by atoms with E-state index in [1.54, 1.807) is 13.1 Å². The summed E-state index contributed by atoms with van der Waals surface area (Å²) < 4.78 is 13.3. The molecule has 2 nitrogen and oxygen atoms in total. The fraction of sp³-hybridized carbons (Fsp3) is 0.400. The van der Waals surface area contributed by atoms with Crippen molar-refractivity contribution in [1.82, 2.24) is 5.32 Å². The van der Waals surface area contributed by atoms with E-state index in [1.807, 2.05) is 6.07 Å². The first-order valence-electron chi connectivity index (χ1n) is 4.51. The maximum Gasteiger partial charge on any atom is 0.146 e. The standard InChI is InChI=1S/C10H13FN2/c1-12-10-5-7-2-3-13-6-8(7)4-9(10)11/h4-5,12-13H,2-3,6H2,1H3. The van der Waals surface area contributed by atoms with Crippen LogP contribution >= 0.6 is 0 Å². The van der Waals surface area contributed by atoms with Gasteiger partial charge < -0.3 is 10.6 Å². The highest BCUT2D eigenvalue weighted by Crippen LogP contribution is 2.22. The number of hydrogen-bond acceptors (Lipinski definition) is 2. The van der Waals surface area contributed by atoms with Crippen molar-refractivity contribution in [3.63, 3.8) is 0 Å². The number of halogens is 1. The molecule has 0 radical (unpaired) electrons. The number of anilines is 1. The van der Waals surface area contributed by atoms with Crippen LogP contribution in [0, 0.1) is 5.82 Å². The van der Waals surface area contributed by atoms with Crippen molar-refractivity contribution in [2.75, 3.05) is 18.9 Å². The van der Waals surface area contributed by atoms with E-state index < -0.39 is 0 Å². The van der Waals surface area contributed by atoms with Crippen LogP contribution in [0.5, 0.6) is 0 Å². The van der Waals surface area contributed by atoms with Gasteiger partial charge in [0.25, 0.3) is 0 Å². The summed E-state index contributed by atoms with van der Waals surface area (Å²) in [4.78, 5) is 0. The molecule has 0 atom stereocenters. The van der Waals surface area contributed by atoms with Gasteiger partial charge in [0.15, 0.2) is 0 Å². The Morgan fingerprint density at radius 1 is 1.38 bits per heavy atom. The first-order chi connectivity index (χ1) is 6.31. The van der Waals surface area contributed by atoms with Crippen LogP contribution in [0.1, 0.15) is 11.1 Å². The van der Waals surface area contributed by atoms with E-state index in [0.717, 1.165) is 25.1 Å². The van der Waals surface area contributed by atoms with Gasteiger partial charge in [0.2, 0.25) is 0 Å². The third kappa shape index (κ3) is 1.52. The van der Waals surface area contributed by atoms with Crippen molar-refractivity contribution in [2.24, 2.45) is 0 Å². The summed E-state index contributed by atoms with van der Waals surface area (Å²) in [5.74, 6) is -0.162. The van der Waals surface area contributed by atoms with Gasteiger partial charge in [-0.25, -0.2) is 4.39 Å².